The number of hydrogen-bond donors (Lipinski definition) is 0. The van der Waals surface area contributed by atoms with Gasteiger partial charge in [0.1, 0.15) is 11.5 Å². The summed E-state index contributed by atoms with van der Waals surface area (Å²) in [5.74, 6) is 1.79. The van der Waals surface area contributed by atoms with Crippen LogP contribution < -0.4 is 4.74 Å². The normalized spacial score (nSPS) is 15.5. The standard InChI is InChI=1S/C49H30N2O/c1-2-14-32(15-3-1)50-42-24-8-4-16-34(42)36-29-28-31(30-45(36)50)33-18-12-23-41-48(33)52-46-27-11-7-21-39(46)49(41)38-20-6-10-26-44(38)51-43-25-9-5-17-35(43)37-19-13-22-40(49)47(37)51/h1-30H. The van der Waals surface area contributed by atoms with E-state index in [2.05, 4.69) is 191 Å². The summed E-state index contributed by atoms with van der Waals surface area (Å²) >= 11 is 0. The molecule has 0 N–H and O–H groups in total. The van der Waals surface area contributed by atoms with E-state index in [1.807, 2.05) is 0 Å². The largest absolute Gasteiger partial charge is 0.456 e. The Balaban J connectivity index is 1.20. The van der Waals surface area contributed by atoms with Crippen molar-refractivity contribution < 1.29 is 4.74 Å². The van der Waals surface area contributed by atoms with Crippen LogP contribution in [0.25, 0.3) is 66.1 Å². The van der Waals surface area contributed by atoms with Crippen LogP contribution in [0.4, 0.5) is 0 Å². The lowest BCUT2D eigenvalue weighted by molar-refractivity contribution is 0.435. The molecule has 0 amide bonds. The predicted molar refractivity (Wildman–Crippen MR) is 212 cm³/mol. The zero-order chi connectivity index (χ0) is 34.0. The van der Waals surface area contributed by atoms with E-state index in [0.717, 1.165) is 39.4 Å². The summed E-state index contributed by atoms with van der Waals surface area (Å²) in [7, 11) is 0. The van der Waals surface area contributed by atoms with Gasteiger partial charge in [0.2, 0.25) is 0 Å². The molecule has 4 heterocycles. The molecule has 0 radical (unpaired) electrons. The second-order valence-electron chi connectivity index (χ2n) is 14.0. The molecular weight excluding hydrogens is 633 g/mol. The summed E-state index contributed by atoms with van der Waals surface area (Å²) < 4.78 is 12.0. The number of nitrogens with zero attached hydrogens (tertiary/aromatic N) is 2. The van der Waals surface area contributed by atoms with Gasteiger partial charge in [-0.3, -0.25) is 0 Å². The van der Waals surface area contributed by atoms with Crippen molar-refractivity contribution in [3.63, 3.8) is 0 Å². The first-order valence-electron chi connectivity index (χ1n) is 17.9. The highest BCUT2D eigenvalue weighted by molar-refractivity contribution is 6.13. The molecule has 3 nitrogen and oxygen atoms in total. The van der Waals surface area contributed by atoms with E-state index >= 15 is 0 Å². The van der Waals surface area contributed by atoms with E-state index in [0.29, 0.717) is 0 Å². The van der Waals surface area contributed by atoms with Crippen LogP contribution in [0, 0.1) is 0 Å². The fourth-order valence-corrected chi connectivity index (χ4v) is 9.57. The molecule has 0 fully saturated rings. The van der Waals surface area contributed by atoms with E-state index in [1.54, 1.807) is 0 Å². The average molecular weight is 663 g/mol. The third kappa shape index (κ3) is 3.40. The molecule has 52 heavy (non-hydrogen) atoms. The van der Waals surface area contributed by atoms with Gasteiger partial charge in [0.25, 0.3) is 0 Å². The lowest BCUT2D eigenvalue weighted by Gasteiger charge is -2.45. The van der Waals surface area contributed by atoms with E-state index in [4.69, 9.17) is 4.74 Å². The van der Waals surface area contributed by atoms with Gasteiger partial charge in [0.05, 0.1) is 33.2 Å². The fraction of sp³-hybridized carbons (Fsp3) is 0.0204. The average Bonchev–Trinajstić information content (AvgIpc) is 3.73. The van der Waals surface area contributed by atoms with Gasteiger partial charge in [-0.1, -0.05) is 140 Å². The first-order chi connectivity index (χ1) is 25.8. The van der Waals surface area contributed by atoms with Crippen LogP contribution in [0.2, 0.25) is 0 Å². The van der Waals surface area contributed by atoms with Crippen LogP contribution in [0.1, 0.15) is 22.3 Å². The molecule has 1 atom stereocenters. The van der Waals surface area contributed by atoms with Crippen molar-refractivity contribution in [3.8, 4) is 34.0 Å². The van der Waals surface area contributed by atoms with Crippen molar-refractivity contribution in [2.24, 2.45) is 0 Å². The molecule has 2 aliphatic heterocycles. The van der Waals surface area contributed by atoms with E-state index in [9.17, 15) is 0 Å². The van der Waals surface area contributed by atoms with Crippen molar-refractivity contribution in [3.05, 3.63) is 204 Å². The lowest BCUT2D eigenvalue weighted by atomic mass is 9.61. The summed E-state index contributed by atoms with van der Waals surface area (Å²) in [6.45, 7) is 0. The summed E-state index contributed by atoms with van der Waals surface area (Å²) in [4.78, 5) is 0. The van der Waals surface area contributed by atoms with Gasteiger partial charge in [0, 0.05) is 43.9 Å². The van der Waals surface area contributed by atoms with Gasteiger partial charge in [0.15, 0.2) is 0 Å². The number of hydrogen-bond acceptors (Lipinski definition) is 1. The van der Waals surface area contributed by atoms with Crippen molar-refractivity contribution in [1.82, 2.24) is 9.13 Å². The molecule has 12 rings (SSSR count). The lowest BCUT2D eigenvalue weighted by Crippen LogP contribution is -2.37. The Morgan fingerprint density at radius 2 is 1.02 bits per heavy atom. The summed E-state index contributed by atoms with van der Waals surface area (Å²) in [6, 6.07) is 66.3. The topological polar surface area (TPSA) is 19.1 Å². The summed E-state index contributed by atoms with van der Waals surface area (Å²) in [5.41, 5.74) is 13.6. The third-order valence-electron chi connectivity index (χ3n) is 11.6. The Hall–Kier alpha value is -6.84. The predicted octanol–water partition coefficient (Wildman–Crippen LogP) is 12.3. The second-order valence-corrected chi connectivity index (χ2v) is 14.0. The minimum Gasteiger partial charge on any atom is -0.456 e. The van der Waals surface area contributed by atoms with Crippen LogP contribution in [-0.4, -0.2) is 9.13 Å². The van der Waals surface area contributed by atoms with Crippen LogP contribution in [0.15, 0.2) is 182 Å². The Kier molecular flexibility index (Phi) is 5.43. The number of fused-ring (bicyclic) bond motifs is 14. The number of rotatable bonds is 2. The summed E-state index contributed by atoms with van der Waals surface area (Å²) in [6.07, 6.45) is 0. The zero-order valence-corrected chi connectivity index (χ0v) is 28.1. The van der Waals surface area contributed by atoms with Crippen LogP contribution in [0.5, 0.6) is 11.5 Å². The third-order valence-corrected chi connectivity index (χ3v) is 11.6. The van der Waals surface area contributed by atoms with Gasteiger partial charge in [-0.25, -0.2) is 0 Å². The number of ether oxygens (including phenoxy) is 1. The SMILES string of the molecule is c1ccc(-n2c3ccccc3c3ccc(-c4cccc5c4Oc4ccccc4C54c5ccccc5-n5c6ccccc6c6cccc4c65)cc32)cc1. The fourth-order valence-electron chi connectivity index (χ4n) is 9.57. The van der Waals surface area contributed by atoms with Crippen LogP contribution >= 0.6 is 0 Å². The minimum atomic E-state index is -0.607. The maximum absolute atomic E-state index is 7.12. The Labute approximate surface area is 300 Å². The van der Waals surface area contributed by atoms with Gasteiger partial charge >= 0.3 is 0 Å². The maximum atomic E-state index is 7.12. The highest BCUT2D eigenvalue weighted by Gasteiger charge is 2.50. The number of benzene rings is 8. The molecule has 8 aromatic carbocycles. The zero-order valence-electron chi connectivity index (χ0n) is 28.1. The van der Waals surface area contributed by atoms with Gasteiger partial charge in [-0.15, -0.1) is 0 Å². The molecule has 242 valence electrons. The Morgan fingerprint density at radius 1 is 0.404 bits per heavy atom. The first kappa shape index (κ1) is 27.9. The quantitative estimate of drug-likeness (QED) is 0.180. The Bertz CT molecular complexity index is 3110. The molecule has 0 saturated heterocycles. The highest BCUT2D eigenvalue weighted by Crippen LogP contribution is 2.61. The number of aromatic nitrogens is 2. The molecule has 0 bridgehead atoms. The van der Waals surface area contributed by atoms with E-state index in [1.165, 1.54) is 60.4 Å². The van der Waals surface area contributed by atoms with Gasteiger partial charge < -0.3 is 13.9 Å². The molecule has 2 aliphatic rings. The van der Waals surface area contributed by atoms with E-state index < -0.39 is 5.41 Å². The van der Waals surface area contributed by atoms with E-state index in [-0.39, 0.29) is 0 Å². The van der Waals surface area contributed by atoms with Crippen LogP contribution in [-0.2, 0) is 5.41 Å². The molecule has 1 spiro atoms. The molecule has 0 aliphatic carbocycles. The molecule has 1 unspecified atom stereocenters. The summed E-state index contributed by atoms with van der Waals surface area (Å²) in [5, 5.41) is 5.01. The monoisotopic (exact) mass is 662 g/mol. The van der Waals surface area contributed by atoms with Gasteiger partial charge in [-0.2, -0.15) is 0 Å². The molecular formula is C49H30N2O. The highest BCUT2D eigenvalue weighted by atomic mass is 16.5. The molecule has 3 heteroatoms. The van der Waals surface area contributed by atoms with Gasteiger partial charge in [-0.05, 0) is 59.2 Å². The number of para-hydroxylation sites is 7. The van der Waals surface area contributed by atoms with Crippen molar-refractivity contribution in [2.45, 2.75) is 5.41 Å². The molecule has 0 saturated carbocycles. The maximum Gasteiger partial charge on any atom is 0.140 e. The first-order valence-corrected chi connectivity index (χ1v) is 17.9. The molecule has 10 aromatic rings. The Morgan fingerprint density at radius 3 is 1.88 bits per heavy atom. The second kappa shape index (κ2) is 10.1. The minimum absolute atomic E-state index is 0.607. The molecule has 2 aromatic heterocycles. The smallest absolute Gasteiger partial charge is 0.140 e. The van der Waals surface area contributed by atoms with Crippen LogP contribution in [0.3, 0.4) is 0 Å². The van der Waals surface area contributed by atoms with Crippen molar-refractivity contribution >= 4 is 43.6 Å². The van der Waals surface area contributed by atoms with Crippen molar-refractivity contribution in [2.75, 3.05) is 0 Å². The van der Waals surface area contributed by atoms with Crippen molar-refractivity contribution in [1.29, 1.82) is 0 Å².